The third-order valence-corrected chi connectivity index (χ3v) is 1.93. The van der Waals surface area contributed by atoms with Crippen LogP contribution in [-0.4, -0.2) is 16.9 Å². The zero-order chi connectivity index (χ0) is 7.68. The van der Waals surface area contributed by atoms with Gasteiger partial charge in [0.15, 0.2) is 0 Å². The number of hydrogen-bond acceptors (Lipinski definition) is 3. The van der Waals surface area contributed by atoms with Crippen molar-refractivity contribution in [1.82, 2.24) is 5.16 Å². The molecule has 0 aliphatic heterocycles. The molecule has 60 valence electrons. The van der Waals surface area contributed by atoms with E-state index in [0.29, 0.717) is 12.3 Å². The van der Waals surface area contributed by atoms with E-state index in [1.807, 2.05) is 6.07 Å². The van der Waals surface area contributed by atoms with Crippen molar-refractivity contribution >= 4 is 0 Å². The molecule has 3 nitrogen and oxygen atoms in total. The van der Waals surface area contributed by atoms with Crippen molar-refractivity contribution in [2.75, 3.05) is 6.61 Å². The van der Waals surface area contributed by atoms with E-state index in [4.69, 9.17) is 9.63 Å². The topological polar surface area (TPSA) is 46.3 Å². The van der Waals surface area contributed by atoms with E-state index >= 15 is 0 Å². The second kappa shape index (κ2) is 2.66. The molecule has 1 saturated carbocycles. The van der Waals surface area contributed by atoms with Crippen molar-refractivity contribution in [3.8, 4) is 0 Å². The molecule has 0 amide bonds. The normalized spacial score (nSPS) is 17.2. The van der Waals surface area contributed by atoms with E-state index in [-0.39, 0.29) is 6.61 Å². The van der Waals surface area contributed by atoms with Crippen molar-refractivity contribution in [3.63, 3.8) is 0 Å². The Hall–Kier alpha value is -0.830. The van der Waals surface area contributed by atoms with E-state index in [1.54, 1.807) is 0 Å². The SMILES string of the molecule is OCCc1cc(C2CC2)no1. The van der Waals surface area contributed by atoms with Crippen LogP contribution in [0.15, 0.2) is 10.6 Å². The summed E-state index contributed by atoms with van der Waals surface area (Å²) in [5.74, 6) is 1.44. The van der Waals surface area contributed by atoms with Gasteiger partial charge in [0.25, 0.3) is 0 Å². The summed E-state index contributed by atoms with van der Waals surface area (Å²) < 4.78 is 5.00. The Morgan fingerprint density at radius 3 is 3.09 bits per heavy atom. The van der Waals surface area contributed by atoms with Crippen molar-refractivity contribution < 1.29 is 9.63 Å². The Labute approximate surface area is 65.0 Å². The number of rotatable bonds is 3. The first kappa shape index (κ1) is 6.85. The van der Waals surface area contributed by atoms with Crippen LogP contribution in [0.3, 0.4) is 0 Å². The number of nitrogens with zero attached hydrogens (tertiary/aromatic N) is 1. The van der Waals surface area contributed by atoms with E-state index in [9.17, 15) is 0 Å². The second-order valence-corrected chi connectivity index (χ2v) is 2.97. The summed E-state index contributed by atoms with van der Waals surface area (Å²) in [6, 6.07) is 1.95. The lowest BCUT2D eigenvalue weighted by molar-refractivity contribution is 0.277. The predicted octanol–water partition coefficient (Wildman–Crippen LogP) is 1.09. The maximum absolute atomic E-state index is 8.60. The maximum atomic E-state index is 8.60. The molecular weight excluding hydrogens is 142 g/mol. The fraction of sp³-hybridized carbons (Fsp3) is 0.625. The third kappa shape index (κ3) is 1.43. The van der Waals surface area contributed by atoms with Gasteiger partial charge in [-0.05, 0) is 12.8 Å². The molecule has 3 heteroatoms. The monoisotopic (exact) mass is 153 g/mol. The van der Waals surface area contributed by atoms with Crippen LogP contribution in [0, 0.1) is 0 Å². The van der Waals surface area contributed by atoms with Crippen molar-refractivity contribution in [2.24, 2.45) is 0 Å². The fourth-order valence-electron chi connectivity index (χ4n) is 1.13. The molecule has 0 unspecified atom stereocenters. The Balaban J connectivity index is 2.06. The van der Waals surface area contributed by atoms with E-state index in [1.165, 1.54) is 12.8 Å². The minimum absolute atomic E-state index is 0.138. The first-order valence-corrected chi connectivity index (χ1v) is 3.96. The lowest BCUT2D eigenvalue weighted by atomic mass is 10.2. The largest absolute Gasteiger partial charge is 0.396 e. The highest BCUT2D eigenvalue weighted by atomic mass is 16.5. The van der Waals surface area contributed by atoms with Gasteiger partial charge < -0.3 is 9.63 Å². The minimum Gasteiger partial charge on any atom is -0.396 e. The number of hydrogen-bond donors (Lipinski definition) is 1. The summed E-state index contributed by atoms with van der Waals surface area (Å²) in [6.45, 7) is 0.138. The highest BCUT2D eigenvalue weighted by Gasteiger charge is 2.26. The lowest BCUT2D eigenvalue weighted by Crippen LogP contribution is -1.86. The maximum Gasteiger partial charge on any atom is 0.139 e. The summed E-state index contributed by atoms with van der Waals surface area (Å²) in [4.78, 5) is 0. The van der Waals surface area contributed by atoms with Crippen LogP contribution in [0.2, 0.25) is 0 Å². The van der Waals surface area contributed by atoms with Gasteiger partial charge >= 0.3 is 0 Å². The molecule has 11 heavy (non-hydrogen) atoms. The zero-order valence-corrected chi connectivity index (χ0v) is 6.29. The Morgan fingerprint density at radius 2 is 2.45 bits per heavy atom. The predicted molar refractivity (Wildman–Crippen MR) is 39.3 cm³/mol. The summed E-state index contributed by atoms with van der Waals surface area (Å²) >= 11 is 0. The van der Waals surface area contributed by atoms with Crippen molar-refractivity contribution in [2.45, 2.75) is 25.2 Å². The number of aliphatic hydroxyl groups excluding tert-OH is 1. The highest BCUT2D eigenvalue weighted by molar-refractivity contribution is 5.15. The summed E-state index contributed by atoms with van der Waals surface area (Å²) in [6.07, 6.45) is 3.07. The molecule has 1 aromatic heterocycles. The molecule has 1 aromatic rings. The van der Waals surface area contributed by atoms with Gasteiger partial charge in [-0.2, -0.15) is 0 Å². The highest BCUT2D eigenvalue weighted by Crippen LogP contribution is 2.39. The van der Waals surface area contributed by atoms with Crippen LogP contribution >= 0.6 is 0 Å². The molecular formula is C8H11NO2. The van der Waals surface area contributed by atoms with Gasteiger partial charge in [0.05, 0.1) is 12.3 Å². The van der Waals surface area contributed by atoms with Crippen LogP contribution in [0.1, 0.15) is 30.2 Å². The van der Waals surface area contributed by atoms with Gasteiger partial charge in [0.1, 0.15) is 5.76 Å². The zero-order valence-electron chi connectivity index (χ0n) is 6.29. The molecule has 0 saturated heterocycles. The van der Waals surface area contributed by atoms with Crippen LogP contribution < -0.4 is 0 Å². The van der Waals surface area contributed by atoms with E-state index in [2.05, 4.69) is 5.16 Å². The van der Waals surface area contributed by atoms with Crippen LogP contribution in [0.4, 0.5) is 0 Å². The van der Waals surface area contributed by atoms with E-state index in [0.717, 1.165) is 11.5 Å². The Bertz CT molecular complexity index is 240. The second-order valence-electron chi connectivity index (χ2n) is 2.97. The van der Waals surface area contributed by atoms with Crippen molar-refractivity contribution in [3.05, 3.63) is 17.5 Å². The third-order valence-electron chi connectivity index (χ3n) is 1.93. The molecule has 1 aliphatic rings. The van der Waals surface area contributed by atoms with Crippen molar-refractivity contribution in [1.29, 1.82) is 0 Å². The molecule has 0 atom stereocenters. The van der Waals surface area contributed by atoms with Gasteiger partial charge in [-0.25, -0.2) is 0 Å². The molecule has 2 rings (SSSR count). The molecule has 1 aliphatic carbocycles. The molecule has 1 heterocycles. The number of aromatic nitrogens is 1. The molecule has 0 radical (unpaired) electrons. The first-order valence-electron chi connectivity index (χ1n) is 3.96. The molecule has 0 bridgehead atoms. The minimum atomic E-state index is 0.138. The summed E-state index contributed by atoms with van der Waals surface area (Å²) in [7, 11) is 0. The van der Waals surface area contributed by atoms with Crippen LogP contribution in [0.5, 0.6) is 0 Å². The average molecular weight is 153 g/mol. The van der Waals surface area contributed by atoms with Crippen LogP contribution in [-0.2, 0) is 6.42 Å². The van der Waals surface area contributed by atoms with Gasteiger partial charge in [-0.3, -0.25) is 0 Å². The lowest BCUT2D eigenvalue weighted by Gasteiger charge is -1.84. The summed E-state index contributed by atoms with van der Waals surface area (Å²) in [5, 5.41) is 12.5. The smallest absolute Gasteiger partial charge is 0.139 e. The number of aliphatic hydroxyl groups is 1. The standard InChI is InChI=1S/C8H11NO2/c10-4-3-7-5-8(9-11-7)6-1-2-6/h5-6,10H,1-4H2. The fourth-order valence-corrected chi connectivity index (χ4v) is 1.13. The average Bonchev–Trinajstić information content (AvgIpc) is 2.75. The Kier molecular flexibility index (Phi) is 1.66. The van der Waals surface area contributed by atoms with Gasteiger partial charge in [0, 0.05) is 18.4 Å². The first-order chi connectivity index (χ1) is 5.40. The molecule has 1 N–H and O–H groups in total. The molecule has 1 fully saturated rings. The molecule has 0 spiro atoms. The van der Waals surface area contributed by atoms with Crippen LogP contribution in [0.25, 0.3) is 0 Å². The Morgan fingerprint density at radius 1 is 1.64 bits per heavy atom. The quantitative estimate of drug-likeness (QED) is 0.707. The summed E-state index contributed by atoms with van der Waals surface area (Å²) in [5.41, 5.74) is 1.06. The van der Waals surface area contributed by atoms with Gasteiger partial charge in [-0.15, -0.1) is 0 Å². The van der Waals surface area contributed by atoms with E-state index < -0.39 is 0 Å². The molecule has 0 aromatic carbocycles. The van der Waals surface area contributed by atoms with Gasteiger partial charge in [-0.1, -0.05) is 5.16 Å². The van der Waals surface area contributed by atoms with Gasteiger partial charge in [0.2, 0.25) is 0 Å².